The van der Waals surface area contributed by atoms with Crippen molar-refractivity contribution >= 4 is 6.09 Å². The number of rotatable bonds is 1. The van der Waals surface area contributed by atoms with E-state index in [4.69, 9.17) is 5.11 Å². The summed E-state index contributed by atoms with van der Waals surface area (Å²) in [5.74, 6) is 0. The van der Waals surface area contributed by atoms with Gasteiger partial charge in [0.15, 0.2) is 0 Å². The molecule has 5 nitrogen and oxygen atoms in total. The Kier molecular flexibility index (Phi) is 2.53. The van der Waals surface area contributed by atoms with Gasteiger partial charge in [-0.1, -0.05) is 12.8 Å². The maximum Gasteiger partial charge on any atom is 0.407 e. The Morgan fingerprint density at radius 1 is 1.41 bits per heavy atom. The Labute approximate surface area is 100 Å². The van der Waals surface area contributed by atoms with Crippen LogP contribution < -0.4 is 0 Å². The van der Waals surface area contributed by atoms with E-state index in [1.807, 2.05) is 0 Å². The van der Waals surface area contributed by atoms with Gasteiger partial charge in [0.1, 0.15) is 0 Å². The van der Waals surface area contributed by atoms with Crippen molar-refractivity contribution in [1.82, 2.24) is 14.7 Å². The zero-order valence-corrected chi connectivity index (χ0v) is 9.80. The first kappa shape index (κ1) is 10.6. The molecule has 0 radical (unpaired) electrons. The first-order valence-electron chi connectivity index (χ1n) is 6.29. The third-order valence-electron chi connectivity index (χ3n) is 3.84. The van der Waals surface area contributed by atoms with Gasteiger partial charge in [-0.15, -0.1) is 0 Å². The summed E-state index contributed by atoms with van der Waals surface area (Å²) in [4.78, 5) is 12.4. The van der Waals surface area contributed by atoms with E-state index in [0.717, 1.165) is 17.7 Å². The Balaban J connectivity index is 1.81. The highest BCUT2D eigenvalue weighted by Crippen LogP contribution is 2.30. The smallest absolute Gasteiger partial charge is 0.407 e. The van der Waals surface area contributed by atoms with Crippen LogP contribution in [0, 0.1) is 0 Å². The molecule has 2 heterocycles. The molecule has 2 aliphatic rings. The van der Waals surface area contributed by atoms with E-state index >= 15 is 0 Å². The maximum absolute atomic E-state index is 10.9. The van der Waals surface area contributed by atoms with Crippen LogP contribution in [0.3, 0.4) is 0 Å². The minimum Gasteiger partial charge on any atom is -0.465 e. The number of aromatic nitrogens is 2. The van der Waals surface area contributed by atoms with Crippen LogP contribution in [0.5, 0.6) is 0 Å². The van der Waals surface area contributed by atoms with Gasteiger partial charge in [0.05, 0.1) is 18.3 Å². The maximum atomic E-state index is 10.9. The molecule has 0 spiro atoms. The van der Waals surface area contributed by atoms with E-state index in [1.54, 1.807) is 0 Å². The summed E-state index contributed by atoms with van der Waals surface area (Å²) in [5, 5.41) is 13.6. The minimum atomic E-state index is -0.829. The molecule has 1 fully saturated rings. The van der Waals surface area contributed by atoms with Crippen molar-refractivity contribution < 1.29 is 9.90 Å². The molecule has 1 saturated carbocycles. The van der Waals surface area contributed by atoms with Crippen LogP contribution >= 0.6 is 0 Å². The fraction of sp³-hybridized carbons (Fsp3) is 0.667. The minimum absolute atomic E-state index is 0.497. The van der Waals surface area contributed by atoms with Crippen molar-refractivity contribution in [3.8, 4) is 0 Å². The average molecular weight is 235 g/mol. The van der Waals surface area contributed by atoms with E-state index in [2.05, 4.69) is 16.0 Å². The van der Waals surface area contributed by atoms with E-state index in [1.165, 1.54) is 30.6 Å². The topological polar surface area (TPSA) is 58.4 Å². The SMILES string of the molecule is O=C(O)N1CCc2nn(C3CCCC3)cc2C1. The Morgan fingerprint density at radius 3 is 2.88 bits per heavy atom. The summed E-state index contributed by atoms with van der Waals surface area (Å²) in [6.45, 7) is 1.07. The van der Waals surface area contributed by atoms with Crippen LogP contribution in [0.2, 0.25) is 0 Å². The fourth-order valence-electron chi connectivity index (χ4n) is 2.85. The highest BCUT2D eigenvalue weighted by molar-refractivity contribution is 5.65. The van der Waals surface area contributed by atoms with Crippen molar-refractivity contribution in [3.63, 3.8) is 0 Å². The molecule has 0 bridgehead atoms. The lowest BCUT2D eigenvalue weighted by atomic mass is 10.1. The highest BCUT2D eigenvalue weighted by atomic mass is 16.4. The van der Waals surface area contributed by atoms with E-state index in [-0.39, 0.29) is 0 Å². The van der Waals surface area contributed by atoms with Gasteiger partial charge in [0.2, 0.25) is 0 Å². The number of amides is 1. The molecular formula is C12H17N3O2. The van der Waals surface area contributed by atoms with Crippen molar-refractivity contribution in [2.45, 2.75) is 44.7 Å². The van der Waals surface area contributed by atoms with Crippen LogP contribution in [0.1, 0.15) is 43.0 Å². The van der Waals surface area contributed by atoms with E-state index in [0.29, 0.717) is 19.1 Å². The number of carbonyl (C=O) groups is 1. The molecule has 1 aliphatic heterocycles. The van der Waals surface area contributed by atoms with Gasteiger partial charge in [-0.05, 0) is 12.8 Å². The van der Waals surface area contributed by atoms with Crippen LogP contribution in [-0.4, -0.2) is 32.4 Å². The average Bonchev–Trinajstić information content (AvgIpc) is 2.96. The molecule has 1 aromatic heterocycles. The first-order chi connectivity index (χ1) is 8.24. The van der Waals surface area contributed by atoms with Gasteiger partial charge in [-0.2, -0.15) is 5.10 Å². The summed E-state index contributed by atoms with van der Waals surface area (Å²) >= 11 is 0. The monoisotopic (exact) mass is 235 g/mol. The molecule has 0 aromatic carbocycles. The van der Waals surface area contributed by atoms with Crippen molar-refractivity contribution in [1.29, 1.82) is 0 Å². The highest BCUT2D eigenvalue weighted by Gasteiger charge is 2.25. The molecule has 1 aliphatic carbocycles. The van der Waals surface area contributed by atoms with Crippen LogP contribution in [-0.2, 0) is 13.0 Å². The molecule has 1 N–H and O–H groups in total. The fourth-order valence-corrected chi connectivity index (χ4v) is 2.85. The van der Waals surface area contributed by atoms with Gasteiger partial charge in [-0.3, -0.25) is 4.68 Å². The van der Waals surface area contributed by atoms with Gasteiger partial charge < -0.3 is 10.0 Å². The predicted molar refractivity (Wildman–Crippen MR) is 61.9 cm³/mol. The van der Waals surface area contributed by atoms with Crippen LogP contribution in [0.25, 0.3) is 0 Å². The van der Waals surface area contributed by atoms with Crippen molar-refractivity contribution in [2.24, 2.45) is 0 Å². The Morgan fingerprint density at radius 2 is 2.18 bits per heavy atom. The summed E-state index contributed by atoms with van der Waals surface area (Å²) < 4.78 is 2.07. The number of nitrogens with zero attached hydrogens (tertiary/aromatic N) is 3. The van der Waals surface area contributed by atoms with Crippen LogP contribution in [0.4, 0.5) is 4.79 Å². The summed E-state index contributed by atoms with van der Waals surface area (Å²) in [7, 11) is 0. The third kappa shape index (κ3) is 1.90. The Hall–Kier alpha value is -1.52. The van der Waals surface area contributed by atoms with E-state index in [9.17, 15) is 4.79 Å². The number of hydrogen-bond acceptors (Lipinski definition) is 2. The normalized spacial score (nSPS) is 20.6. The molecule has 1 amide bonds. The molecule has 0 unspecified atom stereocenters. The van der Waals surface area contributed by atoms with E-state index < -0.39 is 6.09 Å². The summed E-state index contributed by atoms with van der Waals surface area (Å²) in [5.41, 5.74) is 2.18. The largest absolute Gasteiger partial charge is 0.465 e. The van der Waals surface area contributed by atoms with Crippen molar-refractivity contribution in [2.75, 3.05) is 6.54 Å². The molecule has 17 heavy (non-hydrogen) atoms. The van der Waals surface area contributed by atoms with Gasteiger partial charge in [0.25, 0.3) is 0 Å². The van der Waals surface area contributed by atoms with Gasteiger partial charge >= 0.3 is 6.09 Å². The first-order valence-corrected chi connectivity index (χ1v) is 6.29. The predicted octanol–water partition coefficient (Wildman–Crippen LogP) is 2.03. The molecule has 0 saturated heterocycles. The van der Waals surface area contributed by atoms with Gasteiger partial charge in [-0.25, -0.2) is 4.79 Å². The zero-order valence-electron chi connectivity index (χ0n) is 9.80. The molecule has 1 aromatic rings. The Bertz CT molecular complexity index is 435. The quantitative estimate of drug-likeness (QED) is 0.810. The number of hydrogen-bond donors (Lipinski definition) is 1. The standard InChI is InChI=1S/C12H17N3O2/c16-12(17)14-6-5-11-9(7-14)8-15(13-11)10-3-1-2-4-10/h8,10H,1-7H2,(H,16,17). The number of fused-ring (bicyclic) bond motifs is 1. The van der Waals surface area contributed by atoms with Gasteiger partial charge in [0, 0.05) is 24.7 Å². The lowest BCUT2D eigenvalue weighted by Gasteiger charge is -2.22. The number of carboxylic acid groups (broad SMARTS) is 1. The molecule has 92 valence electrons. The molecule has 0 atom stereocenters. The second kappa shape index (κ2) is 4.05. The summed E-state index contributed by atoms with van der Waals surface area (Å²) in [6, 6.07) is 0.541. The lowest BCUT2D eigenvalue weighted by molar-refractivity contribution is 0.140. The molecule has 5 heteroatoms. The molecule has 3 rings (SSSR count). The lowest BCUT2D eigenvalue weighted by Crippen LogP contribution is -2.34. The second-order valence-corrected chi connectivity index (χ2v) is 4.97. The van der Waals surface area contributed by atoms with Crippen LogP contribution in [0.15, 0.2) is 6.20 Å². The second-order valence-electron chi connectivity index (χ2n) is 4.97. The summed E-state index contributed by atoms with van der Waals surface area (Å²) in [6.07, 6.45) is 6.98. The zero-order chi connectivity index (χ0) is 11.8. The van der Waals surface area contributed by atoms with Crippen molar-refractivity contribution in [3.05, 3.63) is 17.5 Å². The molecular weight excluding hydrogens is 218 g/mol. The third-order valence-corrected chi connectivity index (χ3v) is 3.84.